The molecule has 2 rings (SSSR count). The second kappa shape index (κ2) is 5.06. The Morgan fingerprint density at radius 3 is 3.00 bits per heavy atom. The molecule has 0 amide bonds. The van der Waals surface area contributed by atoms with Crippen LogP contribution in [0.4, 0.5) is 0 Å². The van der Waals surface area contributed by atoms with Crippen molar-refractivity contribution in [3.05, 3.63) is 22.2 Å². The molecule has 0 aliphatic carbocycles. The molecule has 1 aromatic carbocycles. The first-order valence-corrected chi connectivity index (χ1v) is 6.37. The number of aromatic hydroxyl groups is 1. The lowest BCUT2D eigenvalue weighted by Gasteiger charge is -2.14. The summed E-state index contributed by atoms with van der Waals surface area (Å²) in [6.07, 6.45) is 1.14. The third-order valence-corrected chi connectivity index (χ3v) is 3.49. The molecule has 3 nitrogen and oxygen atoms in total. The largest absolute Gasteiger partial charge is 0.503 e. The molecule has 16 heavy (non-hydrogen) atoms. The van der Waals surface area contributed by atoms with Crippen molar-refractivity contribution in [1.82, 2.24) is 5.32 Å². The smallest absolute Gasteiger partial charge is 0.172 e. The summed E-state index contributed by atoms with van der Waals surface area (Å²) in [7, 11) is 0. The number of nitrogens with one attached hydrogen (secondary N) is 1. The number of hydrogen-bond donors (Lipinski definition) is 2. The summed E-state index contributed by atoms with van der Waals surface area (Å²) in [4.78, 5) is 0. The van der Waals surface area contributed by atoms with E-state index in [4.69, 9.17) is 4.74 Å². The molecule has 4 heteroatoms. The van der Waals surface area contributed by atoms with Crippen molar-refractivity contribution in [2.24, 2.45) is 0 Å². The summed E-state index contributed by atoms with van der Waals surface area (Å²) in [5, 5.41) is 13.1. The van der Waals surface area contributed by atoms with Gasteiger partial charge in [0, 0.05) is 6.54 Å². The molecule has 1 aliphatic rings. The molecule has 2 N–H and O–H groups in total. The summed E-state index contributed by atoms with van der Waals surface area (Å²) in [6.45, 7) is 4.54. The monoisotopic (exact) mass is 285 g/mol. The van der Waals surface area contributed by atoms with E-state index < -0.39 is 0 Å². The molecule has 1 fully saturated rings. The van der Waals surface area contributed by atoms with Crippen LogP contribution >= 0.6 is 15.9 Å². The fourth-order valence-electron chi connectivity index (χ4n) is 2.03. The third kappa shape index (κ3) is 2.33. The van der Waals surface area contributed by atoms with Crippen molar-refractivity contribution < 1.29 is 9.84 Å². The number of halogens is 1. The third-order valence-electron chi connectivity index (χ3n) is 2.88. The van der Waals surface area contributed by atoms with Crippen LogP contribution in [-0.4, -0.2) is 24.8 Å². The van der Waals surface area contributed by atoms with Gasteiger partial charge in [0.25, 0.3) is 0 Å². The summed E-state index contributed by atoms with van der Waals surface area (Å²) in [5.41, 5.74) is 1.22. The van der Waals surface area contributed by atoms with Crippen LogP contribution in [0.3, 0.4) is 0 Å². The second-order valence-corrected chi connectivity index (χ2v) is 4.83. The van der Waals surface area contributed by atoms with Gasteiger partial charge in [-0.3, -0.25) is 0 Å². The molecular formula is C12H16BrNO2. The maximum atomic E-state index is 9.81. The van der Waals surface area contributed by atoms with Crippen molar-refractivity contribution in [1.29, 1.82) is 0 Å². The molecule has 1 atom stereocenters. The summed E-state index contributed by atoms with van der Waals surface area (Å²) in [5.74, 6) is 1.28. The van der Waals surface area contributed by atoms with E-state index in [1.165, 1.54) is 5.56 Å². The van der Waals surface area contributed by atoms with Crippen LogP contribution in [0, 0.1) is 0 Å². The Bertz CT molecular complexity index is 376. The first-order chi connectivity index (χ1) is 7.72. The molecule has 1 unspecified atom stereocenters. The molecule has 1 aliphatic heterocycles. The molecule has 0 bridgehead atoms. The van der Waals surface area contributed by atoms with Crippen molar-refractivity contribution in [3.8, 4) is 11.5 Å². The van der Waals surface area contributed by atoms with E-state index in [1.54, 1.807) is 0 Å². The Morgan fingerprint density at radius 1 is 1.56 bits per heavy atom. The number of hydrogen-bond acceptors (Lipinski definition) is 3. The maximum Gasteiger partial charge on any atom is 0.172 e. The summed E-state index contributed by atoms with van der Waals surface area (Å²) >= 11 is 3.36. The van der Waals surface area contributed by atoms with Gasteiger partial charge >= 0.3 is 0 Å². The van der Waals surface area contributed by atoms with Crippen LogP contribution in [0.1, 0.15) is 24.8 Å². The van der Waals surface area contributed by atoms with E-state index >= 15 is 0 Å². The molecule has 88 valence electrons. The van der Waals surface area contributed by atoms with Crippen LogP contribution in [0.15, 0.2) is 16.6 Å². The Balaban J connectivity index is 2.31. The summed E-state index contributed by atoms with van der Waals surface area (Å²) in [6, 6.07) is 3.93. The number of ether oxygens (including phenoxy) is 1. The molecular weight excluding hydrogens is 270 g/mol. The molecule has 1 aromatic rings. The highest BCUT2D eigenvalue weighted by Crippen LogP contribution is 2.38. The van der Waals surface area contributed by atoms with Crippen LogP contribution < -0.4 is 10.1 Å². The van der Waals surface area contributed by atoms with Gasteiger partial charge in [-0.15, -0.1) is 0 Å². The van der Waals surface area contributed by atoms with Gasteiger partial charge in [0.1, 0.15) is 0 Å². The van der Waals surface area contributed by atoms with Gasteiger partial charge in [-0.25, -0.2) is 0 Å². The van der Waals surface area contributed by atoms with Crippen molar-refractivity contribution in [3.63, 3.8) is 0 Å². The normalized spacial score (nSPS) is 20.0. The minimum atomic E-state index is 0.191. The fraction of sp³-hybridized carbons (Fsp3) is 0.500. The van der Waals surface area contributed by atoms with Crippen LogP contribution in [0.25, 0.3) is 0 Å². The maximum absolute atomic E-state index is 9.81. The Morgan fingerprint density at radius 2 is 2.38 bits per heavy atom. The average Bonchev–Trinajstić information content (AvgIpc) is 2.78. The first-order valence-electron chi connectivity index (χ1n) is 5.58. The van der Waals surface area contributed by atoms with Gasteiger partial charge in [0.2, 0.25) is 0 Å². The van der Waals surface area contributed by atoms with Gasteiger partial charge in [-0.2, -0.15) is 0 Å². The van der Waals surface area contributed by atoms with E-state index in [2.05, 4.69) is 21.2 Å². The van der Waals surface area contributed by atoms with Crippen molar-refractivity contribution >= 4 is 15.9 Å². The minimum Gasteiger partial charge on any atom is -0.503 e. The van der Waals surface area contributed by atoms with Gasteiger partial charge in [-0.05, 0) is 59.4 Å². The van der Waals surface area contributed by atoms with Crippen LogP contribution in [-0.2, 0) is 0 Å². The van der Waals surface area contributed by atoms with Gasteiger partial charge in [0.15, 0.2) is 11.5 Å². The number of phenolic OH excluding ortho intramolecular Hbond substituents is 1. The highest BCUT2D eigenvalue weighted by Gasteiger charge is 2.19. The second-order valence-electron chi connectivity index (χ2n) is 3.97. The van der Waals surface area contributed by atoms with E-state index in [-0.39, 0.29) is 5.75 Å². The molecule has 0 aromatic heterocycles. The van der Waals surface area contributed by atoms with Crippen molar-refractivity contribution in [2.45, 2.75) is 19.3 Å². The highest BCUT2D eigenvalue weighted by atomic mass is 79.9. The van der Waals surface area contributed by atoms with E-state index in [0.717, 1.165) is 19.5 Å². The summed E-state index contributed by atoms with van der Waals surface area (Å²) < 4.78 is 6.13. The molecule has 0 spiro atoms. The quantitative estimate of drug-likeness (QED) is 0.897. The van der Waals surface area contributed by atoms with Gasteiger partial charge < -0.3 is 15.2 Å². The van der Waals surface area contributed by atoms with E-state index in [9.17, 15) is 5.11 Å². The Kier molecular flexibility index (Phi) is 3.71. The van der Waals surface area contributed by atoms with Gasteiger partial charge in [-0.1, -0.05) is 0 Å². The lowest BCUT2D eigenvalue weighted by molar-refractivity contribution is 0.316. The van der Waals surface area contributed by atoms with Gasteiger partial charge in [0.05, 0.1) is 11.1 Å². The zero-order valence-electron chi connectivity index (χ0n) is 9.29. The van der Waals surface area contributed by atoms with E-state index in [0.29, 0.717) is 22.7 Å². The number of phenols is 1. The molecule has 1 saturated heterocycles. The Hall–Kier alpha value is -0.740. The zero-order valence-corrected chi connectivity index (χ0v) is 10.9. The predicted octanol–water partition coefficient (Wildman–Crippen LogP) is 2.63. The number of benzene rings is 1. The Labute approximate surface area is 104 Å². The average molecular weight is 286 g/mol. The van der Waals surface area contributed by atoms with E-state index in [1.807, 2.05) is 19.1 Å². The lowest BCUT2D eigenvalue weighted by atomic mass is 9.98. The molecule has 0 saturated carbocycles. The lowest BCUT2D eigenvalue weighted by Crippen LogP contribution is -2.08. The van der Waals surface area contributed by atoms with Crippen LogP contribution in [0.5, 0.6) is 11.5 Å². The fourth-order valence-corrected chi connectivity index (χ4v) is 2.49. The minimum absolute atomic E-state index is 0.191. The first kappa shape index (κ1) is 11.7. The predicted molar refractivity (Wildman–Crippen MR) is 67.2 cm³/mol. The molecule has 0 radical (unpaired) electrons. The SMILES string of the molecule is CCOc1cc(C2CCNC2)cc(Br)c1O. The topological polar surface area (TPSA) is 41.5 Å². The zero-order chi connectivity index (χ0) is 11.5. The standard InChI is InChI=1S/C12H16BrNO2/c1-2-16-11-6-9(5-10(13)12(11)15)8-3-4-14-7-8/h5-6,8,14-15H,2-4,7H2,1H3. The highest BCUT2D eigenvalue weighted by molar-refractivity contribution is 9.10. The number of rotatable bonds is 3. The van der Waals surface area contributed by atoms with Crippen LogP contribution in [0.2, 0.25) is 0 Å². The molecule has 1 heterocycles. The van der Waals surface area contributed by atoms with Crippen molar-refractivity contribution in [2.75, 3.05) is 19.7 Å².